The van der Waals surface area contributed by atoms with E-state index in [1.165, 1.54) is 12.3 Å². The molecule has 0 atom stereocenters. The van der Waals surface area contributed by atoms with Crippen LogP contribution in [0.3, 0.4) is 0 Å². The van der Waals surface area contributed by atoms with E-state index >= 15 is 0 Å². The standard InChI is InChI=1S/C20H15F4N3O3/c1-2-28-14-6-3-12(4-7-14)15-10-25-11-18(27-15)26-13-5-8-16-17(9-13)30-20(23,24)19(21,22)29-16/h3-11H,2H2,1H3,(H,26,27). The summed E-state index contributed by atoms with van der Waals surface area (Å²) in [6.07, 6.45) is -6.55. The molecule has 3 aromatic rings. The van der Waals surface area contributed by atoms with Gasteiger partial charge in [-0.15, -0.1) is 0 Å². The van der Waals surface area contributed by atoms with Crippen molar-refractivity contribution in [2.75, 3.05) is 11.9 Å². The molecule has 0 radical (unpaired) electrons. The van der Waals surface area contributed by atoms with E-state index in [4.69, 9.17) is 4.74 Å². The van der Waals surface area contributed by atoms with Crippen molar-refractivity contribution < 1.29 is 31.8 Å². The largest absolute Gasteiger partial charge is 0.507 e. The predicted molar refractivity (Wildman–Crippen MR) is 99.5 cm³/mol. The van der Waals surface area contributed by atoms with Crippen molar-refractivity contribution in [3.8, 4) is 28.5 Å². The molecule has 1 aromatic heterocycles. The fourth-order valence-corrected chi connectivity index (χ4v) is 2.75. The summed E-state index contributed by atoms with van der Waals surface area (Å²) in [7, 11) is 0. The summed E-state index contributed by atoms with van der Waals surface area (Å²) >= 11 is 0. The van der Waals surface area contributed by atoms with Crippen LogP contribution in [0.1, 0.15) is 6.92 Å². The average molecular weight is 421 g/mol. The van der Waals surface area contributed by atoms with Gasteiger partial charge in [0.1, 0.15) is 11.6 Å². The normalized spacial score (nSPS) is 16.0. The van der Waals surface area contributed by atoms with Crippen molar-refractivity contribution >= 4 is 11.5 Å². The van der Waals surface area contributed by atoms with E-state index < -0.39 is 23.7 Å². The molecule has 0 unspecified atom stereocenters. The fraction of sp³-hybridized carbons (Fsp3) is 0.200. The molecule has 0 bridgehead atoms. The van der Waals surface area contributed by atoms with Crippen LogP contribution < -0.4 is 19.5 Å². The summed E-state index contributed by atoms with van der Waals surface area (Å²) in [5.41, 5.74) is 1.63. The lowest BCUT2D eigenvalue weighted by Crippen LogP contribution is -2.52. The first-order chi connectivity index (χ1) is 14.3. The van der Waals surface area contributed by atoms with Crippen LogP contribution in [-0.2, 0) is 0 Å². The molecule has 1 aliphatic rings. The highest BCUT2D eigenvalue weighted by molar-refractivity contribution is 5.65. The number of aromatic nitrogens is 2. The van der Waals surface area contributed by atoms with Crippen LogP contribution in [0.25, 0.3) is 11.3 Å². The summed E-state index contributed by atoms with van der Waals surface area (Å²) < 4.78 is 66.9. The Morgan fingerprint density at radius 2 is 1.63 bits per heavy atom. The molecule has 4 rings (SSSR count). The van der Waals surface area contributed by atoms with Crippen molar-refractivity contribution in [1.29, 1.82) is 0 Å². The average Bonchev–Trinajstić information content (AvgIpc) is 2.70. The first-order valence-electron chi connectivity index (χ1n) is 8.87. The number of halogens is 4. The molecule has 0 saturated carbocycles. The topological polar surface area (TPSA) is 65.5 Å². The number of hydrogen-bond donors (Lipinski definition) is 1. The highest BCUT2D eigenvalue weighted by Gasteiger charge is 2.65. The summed E-state index contributed by atoms with van der Waals surface area (Å²) in [6.45, 7) is 2.44. The number of nitrogens with zero attached hydrogens (tertiary/aromatic N) is 2. The zero-order chi connectivity index (χ0) is 21.4. The van der Waals surface area contributed by atoms with Gasteiger partial charge in [-0.05, 0) is 43.3 Å². The van der Waals surface area contributed by atoms with E-state index in [9.17, 15) is 17.6 Å². The van der Waals surface area contributed by atoms with Gasteiger partial charge in [0.25, 0.3) is 0 Å². The zero-order valence-corrected chi connectivity index (χ0v) is 15.5. The number of alkyl halides is 4. The summed E-state index contributed by atoms with van der Waals surface area (Å²) in [5, 5.41) is 2.88. The van der Waals surface area contributed by atoms with Gasteiger partial charge in [-0.1, -0.05) is 0 Å². The van der Waals surface area contributed by atoms with Crippen LogP contribution in [0.4, 0.5) is 29.1 Å². The lowest BCUT2D eigenvalue weighted by Gasteiger charge is -2.31. The van der Waals surface area contributed by atoms with Crippen LogP contribution in [0.15, 0.2) is 54.9 Å². The Morgan fingerprint density at radius 1 is 0.933 bits per heavy atom. The van der Waals surface area contributed by atoms with Gasteiger partial charge in [0.05, 0.1) is 24.7 Å². The molecule has 156 valence electrons. The number of benzene rings is 2. The second-order valence-electron chi connectivity index (χ2n) is 6.27. The first kappa shape index (κ1) is 19.7. The van der Waals surface area contributed by atoms with E-state index in [2.05, 4.69) is 24.8 Å². The maximum atomic E-state index is 13.4. The van der Waals surface area contributed by atoms with E-state index in [0.29, 0.717) is 18.1 Å². The molecule has 1 N–H and O–H groups in total. The Hall–Kier alpha value is -3.56. The number of ether oxygens (including phenoxy) is 3. The zero-order valence-electron chi connectivity index (χ0n) is 15.5. The second-order valence-corrected chi connectivity index (χ2v) is 6.27. The fourth-order valence-electron chi connectivity index (χ4n) is 2.75. The Balaban J connectivity index is 1.55. The van der Waals surface area contributed by atoms with E-state index in [1.807, 2.05) is 19.1 Å². The van der Waals surface area contributed by atoms with Crippen molar-refractivity contribution in [2.24, 2.45) is 0 Å². The number of nitrogens with one attached hydrogen (secondary N) is 1. The second kappa shape index (κ2) is 7.36. The molecule has 0 saturated heterocycles. The highest BCUT2D eigenvalue weighted by Crippen LogP contribution is 2.47. The minimum absolute atomic E-state index is 0.275. The van der Waals surface area contributed by atoms with Crippen molar-refractivity contribution in [3.05, 3.63) is 54.9 Å². The maximum Gasteiger partial charge on any atom is 0.507 e. The van der Waals surface area contributed by atoms with Gasteiger partial charge in [0.15, 0.2) is 11.5 Å². The van der Waals surface area contributed by atoms with Gasteiger partial charge in [-0.25, -0.2) is 4.98 Å². The van der Waals surface area contributed by atoms with Crippen LogP contribution in [0.5, 0.6) is 17.2 Å². The summed E-state index contributed by atoms with van der Waals surface area (Å²) in [5.74, 6) is 0.0227. The number of rotatable bonds is 5. The van der Waals surface area contributed by atoms with Crippen molar-refractivity contribution in [1.82, 2.24) is 9.97 Å². The summed E-state index contributed by atoms with van der Waals surface area (Å²) in [4.78, 5) is 8.54. The van der Waals surface area contributed by atoms with Crippen molar-refractivity contribution in [2.45, 2.75) is 19.1 Å². The maximum absolute atomic E-state index is 13.4. The molecular formula is C20H15F4N3O3. The lowest BCUT2D eigenvalue weighted by molar-refractivity contribution is -0.391. The summed E-state index contributed by atoms with van der Waals surface area (Å²) in [6, 6.07) is 10.8. The number of anilines is 2. The molecule has 0 spiro atoms. The number of hydrogen-bond acceptors (Lipinski definition) is 6. The molecule has 1 aliphatic heterocycles. The third kappa shape index (κ3) is 3.80. The van der Waals surface area contributed by atoms with Gasteiger partial charge in [0, 0.05) is 17.3 Å². The molecule has 6 nitrogen and oxygen atoms in total. The van der Waals surface area contributed by atoms with Crippen LogP contribution in [-0.4, -0.2) is 28.8 Å². The van der Waals surface area contributed by atoms with E-state index in [1.54, 1.807) is 18.3 Å². The predicted octanol–water partition coefficient (Wildman–Crippen LogP) is 5.24. The molecule has 2 heterocycles. The van der Waals surface area contributed by atoms with Gasteiger partial charge in [0.2, 0.25) is 0 Å². The smallest absolute Gasteiger partial charge is 0.494 e. The van der Waals surface area contributed by atoms with Crippen molar-refractivity contribution in [3.63, 3.8) is 0 Å². The quantitative estimate of drug-likeness (QED) is 0.569. The Bertz CT molecular complexity index is 1060. The Morgan fingerprint density at radius 3 is 2.33 bits per heavy atom. The van der Waals surface area contributed by atoms with E-state index in [-0.39, 0.29) is 5.69 Å². The monoisotopic (exact) mass is 421 g/mol. The molecular weight excluding hydrogens is 406 g/mol. The third-order valence-electron chi connectivity index (χ3n) is 4.13. The van der Waals surface area contributed by atoms with Crippen LogP contribution in [0.2, 0.25) is 0 Å². The van der Waals surface area contributed by atoms with Gasteiger partial charge < -0.3 is 19.5 Å². The Kier molecular flexibility index (Phi) is 4.84. The molecule has 0 aliphatic carbocycles. The minimum Gasteiger partial charge on any atom is -0.494 e. The Labute approximate surface area is 168 Å². The van der Waals surface area contributed by atoms with Gasteiger partial charge >= 0.3 is 12.2 Å². The lowest BCUT2D eigenvalue weighted by atomic mass is 10.1. The number of fused-ring (bicyclic) bond motifs is 1. The van der Waals surface area contributed by atoms with Crippen LogP contribution >= 0.6 is 0 Å². The SMILES string of the molecule is CCOc1ccc(-c2cncc(Nc3ccc4c(c3)OC(F)(F)C(F)(F)O4)n2)cc1. The molecule has 10 heteroatoms. The van der Waals surface area contributed by atoms with Gasteiger partial charge in [-0.2, -0.15) is 17.6 Å². The molecule has 2 aromatic carbocycles. The highest BCUT2D eigenvalue weighted by atomic mass is 19.3. The van der Waals surface area contributed by atoms with Crippen LogP contribution in [0, 0.1) is 0 Å². The van der Waals surface area contributed by atoms with E-state index in [0.717, 1.165) is 23.4 Å². The third-order valence-corrected chi connectivity index (χ3v) is 4.13. The minimum atomic E-state index is -4.79. The molecule has 0 fully saturated rings. The molecule has 0 amide bonds. The first-order valence-corrected chi connectivity index (χ1v) is 8.87. The molecule has 30 heavy (non-hydrogen) atoms. The van der Waals surface area contributed by atoms with Gasteiger partial charge in [-0.3, -0.25) is 4.98 Å².